The molecular weight excluding hydrogens is 557 g/mol. The van der Waals surface area contributed by atoms with Crippen molar-refractivity contribution in [3.05, 3.63) is 100 Å². The summed E-state index contributed by atoms with van der Waals surface area (Å²) in [7, 11) is 0. The summed E-state index contributed by atoms with van der Waals surface area (Å²) < 4.78 is 52.2. The Hall–Kier alpha value is -3.11. The summed E-state index contributed by atoms with van der Waals surface area (Å²) in [6.45, 7) is 4.48. The average molecular weight is 591 g/mol. The molecule has 4 rings (SSSR count). The zero-order chi connectivity index (χ0) is 29.2. The summed E-state index contributed by atoms with van der Waals surface area (Å²) in [4.78, 5) is 15.5. The molecule has 0 radical (unpaired) electrons. The first-order valence-corrected chi connectivity index (χ1v) is 14.0. The number of alkyl halides is 3. The molecule has 10 heteroatoms. The third kappa shape index (κ3) is 9.19. The fourth-order valence-electron chi connectivity index (χ4n) is 5.04. The molecule has 0 aromatic heterocycles. The molecule has 3 aromatic carbocycles. The van der Waals surface area contributed by atoms with E-state index in [1.165, 1.54) is 6.07 Å². The first-order valence-electron chi connectivity index (χ1n) is 13.6. The molecule has 220 valence electrons. The third-order valence-electron chi connectivity index (χ3n) is 7.02. The van der Waals surface area contributed by atoms with Gasteiger partial charge in [0.2, 0.25) is 0 Å². The highest BCUT2D eigenvalue weighted by molar-refractivity contribution is 6.32. The number of carboxylic acids is 1. The Kier molecular flexibility index (Phi) is 11.0. The van der Waals surface area contributed by atoms with E-state index in [1.807, 2.05) is 18.2 Å². The predicted octanol–water partition coefficient (Wildman–Crippen LogP) is 6.33. The van der Waals surface area contributed by atoms with Gasteiger partial charge in [0.15, 0.2) is 0 Å². The quantitative estimate of drug-likeness (QED) is 0.235. The van der Waals surface area contributed by atoms with Crippen LogP contribution < -0.4 is 4.74 Å². The number of halogens is 4. The molecule has 3 aromatic rings. The topological polar surface area (TPSA) is 62.2 Å². The van der Waals surface area contributed by atoms with E-state index in [4.69, 9.17) is 26.2 Å². The second kappa shape index (κ2) is 14.7. The van der Waals surface area contributed by atoms with Crippen LogP contribution in [-0.4, -0.2) is 66.9 Å². The number of morpholine rings is 1. The molecule has 0 aliphatic carbocycles. The molecule has 1 aliphatic rings. The van der Waals surface area contributed by atoms with Crippen LogP contribution in [0.15, 0.2) is 72.8 Å². The normalized spacial score (nSPS) is 15.1. The van der Waals surface area contributed by atoms with E-state index < -0.39 is 17.7 Å². The van der Waals surface area contributed by atoms with Crippen molar-refractivity contribution in [1.29, 1.82) is 0 Å². The standard InChI is InChI=1S/C31H34ClF3N2O4/c32-30-25(10-5-12-27(30)31(33,34)35)21-36(13-6-16-41-26-11-4-7-23(19-26)20-29(38)39)22-28(24-8-2-1-3-9-24)37-14-17-40-18-15-37/h1-5,7-12,19,28H,6,13-18,20-22H2,(H,38,39). The predicted molar refractivity (Wildman–Crippen MR) is 151 cm³/mol. The van der Waals surface area contributed by atoms with Crippen molar-refractivity contribution in [2.24, 2.45) is 0 Å². The van der Waals surface area contributed by atoms with Gasteiger partial charge in [-0.15, -0.1) is 0 Å². The number of hydrogen-bond acceptors (Lipinski definition) is 5. The lowest BCUT2D eigenvalue weighted by Gasteiger charge is -2.38. The first-order chi connectivity index (χ1) is 19.7. The molecule has 1 fully saturated rings. The van der Waals surface area contributed by atoms with Crippen molar-refractivity contribution < 1.29 is 32.5 Å². The van der Waals surface area contributed by atoms with E-state index >= 15 is 0 Å². The largest absolute Gasteiger partial charge is 0.494 e. The average Bonchev–Trinajstić information content (AvgIpc) is 2.95. The van der Waals surface area contributed by atoms with Crippen LogP contribution in [0.2, 0.25) is 5.02 Å². The number of ether oxygens (including phenoxy) is 2. The van der Waals surface area contributed by atoms with Crippen LogP contribution in [0.3, 0.4) is 0 Å². The minimum atomic E-state index is -4.54. The molecule has 0 spiro atoms. The van der Waals surface area contributed by atoms with Crippen molar-refractivity contribution in [2.45, 2.75) is 31.6 Å². The van der Waals surface area contributed by atoms with E-state index in [1.54, 1.807) is 30.3 Å². The first kappa shape index (κ1) is 30.8. The van der Waals surface area contributed by atoms with Gasteiger partial charge < -0.3 is 14.6 Å². The van der Waals surface area contributed by atoms with Crippen LogP contribution in [0.4, 0.5) is 13.2 Å². The Morgan fingerprint density at radius 1 is 1.05 bits per heavy atom. The number of hydrogen-bond donors (Lipinski definition) is 1. The Labute approximate surface area is 243 Å². The highest BCUT2D eigenvalue weighted by Crippen LogP contribution is 2.37. The molecule has 0 amide bonds. The third-order valence-corrected chi connectivity index (χ3v) is 7.47. The summed E-state index contributed by atoms with van der Waals surface area (Å²) in [5.74, 6) is -0.342. The monoisotopic (exact) mass is 590 g/mol. The van der Waals surface area contributed by atoms with E-state index in [-0.39, 0.29) is 24.0 Å². The number of rotatable bonds is 13. The van der Waals surface area contributed by atoms with Crippen molar-refractivity contribution in [3.63, 3.8) is 0 Å². The summed E-state index contributed by atoms with van der Waals surface area (Å²) >= 11 is 6.29. The number of carboxylic acid groups (broad SMARTS) is 1. The molecule has 0 saturated carbocycles. The van der Waals surface area contributed by atoms with Crippen molar-refractivity contribution in [1.82, 2.24) is 9.80 Å². The van der Waals surface area contributed by atoms with Crippen LogP contribution in [0, 0.1) is 0 Å². The zero-order valence-electron chi connectivity index (χ0n) is 22.7. The lowest BCUT2D eigenvalue weighted by Crippen LogP contribution is -2.44. The summed E-state index contributed by atoms with van der Waals surface area (Å²) in [5, 5.41) is 8.78. The van der Waals surface area contributed by atoms with Crippen LogP contribution in [0.1, 0.15) is 34.7 Å². The van der Waals surface area contributed by atoms with Gasteiger partial charge in [-0.3, -0.25) is 14.6 Å². The molecule has 1 unspecified atom stereocenters. The molecule has 41 heavy (non-hydrogen) atoms. The van der Waals surface area contributed by atoms with Gasteiger partial charge in [-0.2, -0.15) is 13.2 Å². The smallest absolute Gasteiger partial charge is 0.417 e. The fourth-order valence-corrected chi connectivity index (χ4v) is 5.33. The van der Waals surface area contributed by atoms with Gasteiger partial charge in [0, 0.05) is 38.8 Å². The van der Waals surface area contributed by atoms with Crippen molar-refractivity contribution in [3.8, 4) is 5.75 Å². The summed E-state index contributed by atoms with van der Waals surface area (Å²) in [6, 6.07) is 21.1. The fraction of sp³-hybridized carbons (Fsp3) is 0.387. The maximum absolute atomic E-state index is 13.6. The van der Waals surface area contributed by atoms with Crippen LogP contribution in [-0.2, 0) is 28.7 Å². The minimum absolute atomic E-state index is 0.0123. The summed E-state index contributed by atoms with van der Waals surface area (Å²) in [6.07, 6.45) is -4.03. The molecular formula is C31H34ClF3N2O4. The van der Waals surface area contributed by atoms with E-state index in [0.717, 1.165) is 24.7 Å². The zero-order valence-corrected chi connectivity index (χ0v) is 23.4. The minimum Gasteiger partial charge on any atom is -0.494 e. The molecule has 1 atom stereocenters. The molecule has 0 bridgehead atoms. The number of carbonyl (C=O) groups is 1. The van der Waals surface area contributed by atoms with E-state index in [9.17, 15) is 18.0 Å². The van der Waals surface area contributed by atoms with Crippen LogP contribution in [0.5, 0.6) is 5.75 Å². The van der Waals surface area contributed by atoms with Crippen LogP contribution >= 0.6 is 11.6 Å². The Morgan fingerprint density at radius 2 is 1.78 bits per heavy atom. The highest BCUT2D eigenvalue weighted by atomic mass is 35.5. The summed E-state index contributed by atoms with van der Waals surface area (Å²) in [5.41, 5.74) is 1.35. The van der Waals surface area contributed by atoms with Crippen LogP contribution in [0.25, 0.3) is 0 Å². The number of aliphatic carboxylic acids is 1. The van der Waals surface area contributed by atoms with Gasteiger partial charge in [0.05, 0.1) is 36.8 Å². The van der Waals surface area contributed by atoms with Gasteiger partial charge >= 0.3 is 12.1 Å². The number of nitrogens with zero attached hydrogens (tertiary/aromatic N) is 2. The Morgan fingerprint density at radius 3 is 2.49 bits per heavy atom. The highest BCUT2D eigenvalue weighted by Gasteiger charge is 2.34. The molecule has 1 aliphatic heterocycles. The lowest BCUT2D eigenvalue weighted by atomic mass is 10.0. The van der Waals surface area contributed by atoms with Gasteiger partial charge in [0.25, 0.3) is 0 Å². The van der Waals surface area contributed by atoms with Crippen molar-refractivity contribution in [2.75, 3.05) is 46.0 Å². The maximum Gasteiger partial charge on any atom is 0.417 e. The van der Waals surface area contributed by atoms with E-state index in [2.05, 4.69) is 21.9 Å². The van der Waals surface area contributed by atoms with Gasteiger partial charge in [-0.05, 0) is 41.3 Å². The molecule has 6 nitrogen and oxygen atoms in total. The van der Waals surface area contributed by atoms with Crippen molar-refractivity contribution >= 4 is 17.6 Å². The lowest BCUT2D eigenvalue weighted by molar-refractivity contribution is -0.138. The van der Waals surface area contributed by atoms with E-state index in [0.29, 0.717) is 56.2 Å². The molecule has 1 N–H and O–H groups in total. The second-order valence-corrected chi connectivity index (χ2v) is 10.4. The molecule has 1 heterocycles. The second-order valence-electron chi connectivity index (χ2n) is 10.0. The van der Waals surface area contributed by atoms with Gasteiger partial charge in [-0.25, -0.2) is 0 Å². The Bertz CT molecular complexity index is 1270. The Balaban J connectivity index is 1.51. The SMILES string of the molecule is O=C(O)Cc1cccc(OCCCN(Cc2cccc(C(F)(F)F)c2Cl)CC(c2ccccc2)N2CCOCC2)c1. The molecule has 1 saturated heterocycles. The van der Waals surface area contributed by atoms with Gasteiger partial charge in [-0.1, -0.05) is 66.2 Å². The maximum atomic E-state index is 13.6. The van der Waals surface area contributed by atoms with Gasteiger partial charge in [0.1, 0.15) is 5.75 Å². The number of benzene rings is 3.